The van der Waals surface area contributed by atoms with E-state index in [0.717, 1.165) is 11.3 Å². The maximum atomic E-state index is 11.5. The Morgan fingerprint density at radius 2 is 2.05 bits per heavy atom. The molecule has 2 aromatic rings. The molecule has 0 atom stereocenters. The first kappa shape index (κ1) is 14.8. The van der Waals surface area contributed by atoms with E-state index in [-0.39, 0.29) is 11.4 Å². The lowest BCUT2D eigenvalue weighted by Crippen LogP contribution is -2.24. The van der Waals surface area contributed by atoms with Gasteiger partial charge in [0.05, 0.1) is 17.9 Å². The molecule has 1 heterocycles. The number of H-pyrrole nitrogens is 1. The van der Waals surface area contributed by atoms with E-state index in [9.17, 15) is 4.79 Å². The summed E-state index contributed by atoms with van der Waals surface area (Å²) in [5.74, 6) is 0.962. The number of ether oxygens (including phenoxy) is 1. The minimum atomic E-state index is -0.469. The molecule has 110 valence electrons. The quantitative estimate of drug-likeness (QED) is 0.575. The van der Waals surface area contributed by atoms with Crippen LogP contribution in [-0.2, 0) is 0 Å². The van der Waals surface area contributed by atoms with Crippen LogP contribution in [0.15, 0.2) is 35.1 Å². The molecule has 0 amide bonds. The first-order valence-corrected chi connectivity index (χ1v) is 6.64. The Hall–Kier alpha value is -2.63. The lowest BCUT2D eigenvalue weighted by Gasteiger charge is -2.09. The molecule has 0 radical (unpaired) electrons. The number of amidine groups is 1. The van der Waals surface area contributed by atoms with Crippen LogP contribution in [-0.4, -0.2) is 22.6 Å². The molecular weight excluding hydrogens is 268 g/mol. The van der Waals surface area contributed by atoms with E-state index >= 15 is 0 Å². The van der Waals surface area contributed by atoms with Gasteiger partial charge in [-0.15, -0.1) is 0 Å². The van der Waals surface area contributed by atoms with Crippen LogP contribution >= 0.6 is 0 Å². The number of aromatic amines is 1. The SMILES string of the molecule is CC(C)COc1ccc(-c2cc(C(=N)N)c(=O)[nH]n2)cc1. The molecule has 0 fully saturated rings. The third-order valence-electron chi connectivity index (χ3n) is 2.83. The molecule has 6 nitrogen and oxygen atoms in total. The van der Waals surface area contributed by atoms with E-state index in [1.54, 1.807) is 0 Å². The lowest BCUT2D eigenvalue weighted by molar-refractivity contribution is 0.271. The highest BCUT2D eigenvalue weighted by molar-refractivity contribution is 5.95. The molecule has 21 heavy (non-hydrogen) atoms. The van der Waals surface area contributed by atoms with Gasteiger partial charge in [-0.05, 0) is 36.2 Å². The first-order chi connectivity index (χ1) is 9.97. The van der Waals surface area contributed by atoms with E-state index < -0.39 is 5.56 Å². The van der Waals surface area contributed by atoms with Gasteiger partial charge in [-0.25, -0.2) is 5.10 Å². The summed E-state index contributed by atoms with van der Waals surface area (Å²) in [6, 6.07) is 8.89. The second kappa shape index (κ2) is 6.21. The van der Waals surface area contributed by atoms with Crippen molar-refractivity contribution >= 4 is 5.84 Å². The summed E-state index contributed by atoms with van der Waals surface area (Å²) in [7, 11) is 0. The fourth-order valence-corrected chi connectivity index (χ4v) is 1.74. The van der Waals surface area contributed by atoms with Crippen LogP contribution in [0.5, 0.6) is 5.75 Å². The van der Waals surface area contributed by atoms with Gasteiger partial charge in [-0.3, -0.25) is 10.2 Å². The Morgan fingerprint density at radius 3 is 2.62 bits per heavy atom. The molecule has 0 aliphatic heterocycles. The maximum Gasteiger partial charge on any atom is 0.275 e. The van der Waals surface area contributed by atoms with Crippen molar-refractivity contribution in [2.45, 2.75) is 13.8 Å². The second-order valence-electron chi connectivity index (χ2n) is 5.14. The number of nitrogens with zero attached hydrogens (tertiary/aromatic N) is 1. The largest absolute Gasteiger partial charge is 0.493 e. The fourth-order valence-electron chi connectivity index (χ4n) is 1.74. The van der Waals surface area contributed by atoms with Crippen LogP contribution in [0.2, 0.25) is 0 Å². The summed E-state index contributed by atoms with van der Waals surface area (Å²) in [5.41, 5.74) is 6.37. The van der Waals surface area contributed by atoms with Gasteiger partial charge in [0, 0.05) is 5.56 Å². The zero-order valence-electron chi connectivity index (χ0n) is 12.0. The molecule has 2 rings (SSSR count). The Kier molecular flexibility index (Phi) is 4.37. The third kappa shape index (κ3) is 3.68. The molecule has 0 saturated carbocycles. The number of nitrogen functional groups attached to an aromatic ring is 1. The molecule has 1 aromatic carbocycles. The predicted octanol–water partition coefficient (Wildman–Crippen LogP) is 1.76. The number of benzene rings is 1. The van der Waals surface area contributed by atoms with E-state index in [0.29, 0.717) is 18.2 Å². The van der Waals surface area contributed by atoms with Crippen molar-refractivity contribution in [3.05, 3.63) is 46.2 Å². The van der Waals surface area contributed by atoms with Gasteiger partial charge in [0.25, 0.3) is 5.56 Å². The Balaban J connectivity index is 2.24. The Bertz CT molecular complexity index is 690. The molecule has 0 spiro atoms. The molecule has 0 aliphatic rings. The van der Waals surface area contributed by atoms with E-state index in [2.05, 4.69) is 24.0 Å². The summed E-state index contributed by atoms with van der Waals surface area (Å²) in [5, 5.41) is 13.7. The zero-order valence-corrected chi connectivity index (χ0v) is 12.0. The van der Waals surface area contributed by atoms with Gasteiger partial charge in [0.15, 0.2) is 0 Å². The molecule has 0 unspecified atom stereocenters. The van der Waals surface area contributed by atoms with Crippen molar-refractivity contribution in [1.29, 1.82) is 5.41 Å². The molecule has 1 aromatic heterocycles. The van der Waals surface area contributed by atoms with Gasteiger partial charge in [-0.1, -0.05) is 13.8 Å². The second-order valence-corrected chi connectivity index (χ2v) is 5.14. The van der Waals surface area contributed by atoms with E-state index in [4.69, 9.17) is 15.9 Å². The molecule has 0 aliphatic carbocycles. The number of hydrogen-bond acceptors (Lipinski definition) is 4. The van der Waals surface area contributed by atoms with Gasteiger partial charge in [0.2, 0.25) is 0 Å². The number of aromatic nitrogens is 2. The standard InChI is InChI=1S/C15H18N4O2/c1-9(2)8-21-11-5-3-10(4-6-11)13-7-12(14(16)17)15(20)19-18-13/h3-7,9H,8H2,1-2H3,(H3,16,17)(H,19,20). The smallest absolute Gasteiger partial charge is 0.275 e. The topological polar surface area (TPSA) is 105 Å². The summed E-state index contributed by atoms with van der Waals surface area (Å²) in [6.07, 6.45) is 0. The number of nitrogens with two attached hydrogens (primary N) is 1. The van der Waals surface area contributed by atoms with Crippen LogP contribution in [0.25, 0.3) is 11.3 Å². The summed E-state index contributed by atoms with van der Waals surface area (Å²) < 4.78 is 5.61. The highest BCUT2D eigenvalue weighted by atomic mass is 16.5. The highest BCUT2D eigenvalue weighted by Crippen LogP contribution is 2.20. The number of nitrogens with one attached hydrogen (secondary N) is 2. The molecule has 6 heteroatoms. The Morgan fingerprint density at radius 1 is 1.38 bits per heavy atom. The van der Waals surface area contributed by atoms with Crippen molar-refractivity contribution in [2.75, 3.05) is 6.61 Å². The van der Waals surface area contributed by atoms with Crippen molar-refractivity contribution in [3.63, 3.8) is 0 Å². The monoisotopic (exact) mass is 286 g/mol. The third-order valence-corrected chi connectivity index (χ3v) is 2.83. The molecular formula is C15H18N4O2. The normalized spacial score (nSPS) is 10.6. The van der Waals surface area contributed by atoms with Gasteiger partial charge in [0.1, 0.15) is 11.6 Å². The molecule has 0 bridgehead atoms. The van der Waals surface area contributed by atoms with Crippen molar-refractivity contribution in [1.82, 2.24) is 10.2 Å². The van der Waals surface area contributed by atoms with Crippen molar-refractivity contribution in [2.24, 2.45) is 11.7 Å². The average Bonchev–Trinajstić information content (AvgIpc) is 2.46. The highest BCUT2D eigenvalue weighted by Gasteiger charge is 2.08. The van der Waals surface area contributed by atoms with Crippen LogP contribution in [0, 0.1) is 11.3 Å². The number of rotatable bonds is 5. The van der Waals surface area contributed by atoms with Gasteiger partial charge < -0.3 is 10.5 Å². The Labute approximate surface area is 122 Å². The average molecular weight is 286 g/mol. The lowest BCUT2D eigenvalue weighted by atomic mass is 10.1. The van der Waals surface area contributed by atoms with Crippen LogP contribution in [0.3, 0.4) is 0 Å². The van der Waals surface area contributed by atoms with E-state index in [1.807, 2.05) is 24.3 Å². The van der Waals surface area contributed by atoms with Crippen LogP contribution in [0.1, 0.15) is 19.4 Å². The summed E-state index contributed by atoms with van der Waals surface area (Å²) in [4.78, 5) is 11.5. The van der Waals surface area contributed by atoms with Gasteiger partial charge in [-0.2, -0.15) is 5.10 Å². The minimum absolute atomic E-state index is 0.111. The summed E-state index contributed by atoms with van der Waals surface area (Å²) >= 11 is 0. The first-order valence-electron chi connectivity index (χ1n) is 6.64. The van der Waals surface area contributed by atoms with Crippen molar-refractivity contribution < 1.29 is 4.74 Å². The number of hydrogen-bond donors (Lipinski definition) is 3. The van der Waals surface area contributed by atoms with Crippen molar-refractivity contribution in [3.8, 4) is 17.0 Å². The fraction of sp³-hybridized carbons (Fsp3) is 0.267. The van der Waals surface area contributed by atoms with Crippen LogP contribution in [0.4, 0.5) is 0 Å². The predicted molar refractivity (Wildman–Crippen MR) is 81.6 cm³/mol. The minimum Gasteiger partial charge on any atom is -0.493 e. The van der Waals surface area contributed by atoms with Gasteiger partial charge >= 0.3 is 0 Å². The summed E-state index contributed by atoms with van der Waals surface area (Å²) in [6.45, 7) is 4.83. The molecule has 4 N–H and O–H groups in total. The maximum absolute atomic E-state index is 11.5. The van der Waals surface area contributed by atoms with E-state index in [1.165, 1.54) is 6.07 Å². The van der Waals surface area contributed by atoms with Crippen LogP contribution < -0.4 is 16.0 Å². The molecule has 0 saturated heterocycles. The zero-order chi connectivity index (χ0) is 15.4.